The Labute approximate surface area is 189 Å². The monoisotopic (exact) mass is 430 g/mol. The maximum Gasteiger partial charge on any atom is 0.251 e. The second kappa shape index (κ2) is 9.39. The summed E-state index contributed by atoms with van der Waals surface area (Å²) in [7, 11) is 0. The van der Waals surface area contributed by atoms with Gasteiger partial charge in [-0.1, -0.05) is 43.7 Å². The molecule has 6 heteroatoms. The van der Waals surface area contributed by atoms with E-state index in [1.165, 1.54) is 12.8 Å². The molecule has 0 fully saturated rings. The van der Waals surface area contributed by atoms with Crippen LogP contribution in [0.2, 0.25) is 0 Å². The highest BCUT2D eigenvalue weighted by Gasteiger charge is 2.25. The summed E-state index contributed by atoms with van der Waals surface area (Å²) >= 11 is 0. The Morgan fingerprint density at radius 3 is 2.38 bits per heavy atom. The summed E-state index contributed by atoms with van der Waals surface area (Å²) in [5.41, 5.74) is 4.31. The quantitative estimate of drug-likeness (QED) is 0.601. The summed E-state index contributed by atoms with van der Waals surface area (Å²) < 4.78 is 2.23. The third-order valence-electron chi connectivity index (χ3n) is 5.91. The van der Waals surface area contributed by atoms with E-state index in [9.17, 15) is 9.59 Å². The highest BCUT2D eigenvalue weighted by atomic mass is 16.2. The number of carbonyl (C=O) groups is 2. The number of imidazole rings is 1. The van der Waals surface area contributed by atoms with Crippen molar-refractivity contribution in [3.63, 3.8) is 0 Å². The highest BCUT2D eigenvalue weighted by molar-refractivity contribution is 6.01. The number of anilines is 1. The molecule has 0 radical (unpaired) electrons. The zero-order valence-corrected chi connectivity index (χ0v) is 18.9. The van der Waals surface area contributed by atoms with Crippen molar-refractivity contribution < 1.29 is 9.59 Å². The maximum absolute atomic E-state index is 12.9. The van der Waals surface area contributed by atoms with Crippen LogP contribution in [0.4, 0.5) is 5.69 Å². The van der Waals surface area contributed by atoms with Gasteiger partial charge in [-0.15, -0.1) is 0 Å². The fourth-order valence-corrected chi connectivity index (χ4v) is 3.96. The zero-order valence-electron chi connectivity index (χ0n) is 18.9. The van der Waals surface area contributed by atoms with E-state index in [-0.39, 0.29) is 17.7 Å². The number of nitrogens with zero attached hydrogens (tertiary/aromatic N) is 2. The summed E-state index contributed by atoms with van der Waals surface area (Å²) in [5, 5.41) is 5.81. The van der Waals surface area contributed by atoms with Crippen LogP contribution in [0.3, 0.4) is 0 Å². The largest absolute Gasteiger partial charge is 0.340 e. The fourth-order valence-electron chi connectivity index (χ4n) is 3.96. The Hall–Kier alpha value is -3.41. The van der Waals surface area contributed by atoms with Gasteiger partial charge in [0.2, 0.25) is 5.91 Å². The van der Waals surface area contributed by atoms with Crippen LogP contribution in [-0.2, 0) is 17.8 Å². The number of nitrogens with one attached hydrogen (secondary N) is 2. The van der Waals surface area contributed by atoms with E-state index in [1.54, 1.807) is 12.1 Å². The number of rotatable bonds is 6. The van der Waals surface area contributed by atoms with Crippen molar-refractivity contribution in [1.29, 1.82) is 0 Å². The first-order valence-corrected chi connectivity index (χ1v) is 11.3. The van der Waals surface area contributed by atoms with Gasteiger partial charge in [0.15, 0.2) is 0 Å². The van der Waals surface area contributed by atoms with E-state index in [0.717, 1.165) is 35.6 Å². The number of fused-ring (bicyclic) bond motifs is 1. The van der Waals surface area contributed by atoms with E-state index in [2.05, 4.69) is 21.4 Å². The third kappa shape index (κ3) is 4.90. The van der Waals surface area contributed by atoms with Crippen LogP contribution in [0.1, 0.15) is 48.4 Å². The van der Waals surface area contributed by atoms with Gasteiger partial charge >= 0.3 is 0 Å². The number of hydrogen-bond acceptors (Lipinski definition) is 3. The predicted octanol–water partition coefficient (Wildman–Crippen LogP) is 4.59. The Morgan fingerprint density at radius 1 is 1.00 bits per heavy atom. The van der Waals surface area contributed by atoms with E-state index in [0.29, 0.717) is 11.3 Å². The molecule has 0 saturated heterocycles. The van der Waals surface area contributed by atoms with Crippen LogP contribution in [0.25, 0.3) is 11.3 Å². The molecule has 1 unspecified atom stereocenters. The van der Waals surface area contributed by atoms with Crippen molar-refractivity contribution in [1.82, 2.24) is 14.9 Å². The van der Waals surface area contributed by atoms with Gasteiger partial charge in [0.1, 0.15) is 11.9 Å². The molecular formula is C26H30N4O2. The zero-order chi connectivity index (χ0) is 22.7. The molecule has 166 valence electrons. The Kier molecular flexibility index (Phi) is 6.40. The first kappa shape index (κ1) is 21.8. The molecule has 2 N–H and O–H groups in total. The topological polar surface area (TPSA) is 76.0 Å². The standard InChI is InChI=1S/C26H30N4O2/c1-17(2)24(29-25(31)20-9-7-18(3)8-10-20)26(32)27-21-13-11-19(12-14-21)22-16-30-15-5-4-6-23(30)28-22/h7-14,16-17,24H,4-6,15H2,1-3H3,(H,27,32)(H,29,31). The van der Waals surface area contributed by atoms with Crippen molar-refractivity contribution >= 4 is 17.5 Å². The smallest absolute Gasteiger partial charge is 0.251 e. The van der Waals surface area contributed by atoms with Crippen molar-refractivity contribution in [2.75, 3.05) is 5.32 Å². The average molecular weight is 431 g/mol. The molecule has 0 bridgehead atoms. The summed E-state index contributed by atoms with van der Waals surface area (Å²) in [4.78, 5) is 30.3. The van der Waals surface area contributed by atoms with Crippen LogP contribution in [0, 0.1) is 12.8 Å². The van der Waals surface area contributed by atoms with Gasteiger partial charge in [-0.2, -0.15) is 0 Å². The van der Waals surface area contributed by atoms with Crippen LogP contribution in [-0.4, -0.2) is 27.4 Å². The number of benzene rings is 2. The molecule has 0 saturated carbocycles. The molecule has 1 aliphatic rings. The lowest BCUT2D eigenvalue weighted by molar-refractivity contribution is -0.118. The van der Waals surface area contributed by atoms with E-state index in [4.69, 9.17) is 4.98 Å². The Balaban J connectivity index is 1.42. The molecule has 1 aliphatic heterocycles. The molecule has 1 aromatic heterocycles. The van der Waals surface area contributed by atoms with E-state index < -0.39 is 6.04 Å². The molecule has 0 aliphatic carbocycles. The summed E-state index contributed by atoms with van der Waals surface area (Å²) in [6, 6.07) is 14.4. The molecule has 32 heavy (non-hydrogen) atoms. The molecular weight excluding hydrogens is 400 g/mol. The number of aromatic nitrogens is 2. The summed E-state index contributed by atoms with van der Waals surface area (Å²) in [5.74, 6) is 0.608. The first-order chi connectivity index (χ1) is 15.4. The molecule has 2 heterocycles. The molecule has 0 spiro atoms. The van der Waals surface area contributed by atoms with Crippen LogP contribution in [0.5, 0.6) is 0 Å². The normalized spacial score (nSPS) is 14.0. The average Bonchev–Trinajstić information content (AvgIpc) is 3.22. The minimum Gasteiger partial charge on any atom is -0.340 e. The van der Waals surface area contributed by atoms with Crippen molar-refractivity contribution in [2.24, 2.45) is 5.92 Å². The fraction of sp³-hybridized carbons (Fsp3) is 0.346. The number of aryl methyl sites for hydroxylation is 3. The van der Waals surface area contributed by atoms with Gasteiger partial charge in [-0.3, -0.25) is 9.59 Å². The van der Waals surface area contributed by atoms with Gasteiger partial charge in [0, 0.05) is 36.0 Å². The maximum atomic E-state index is 12.9. The van der Waals surface area contributed by atoms with Gasteiger partial charge in [-0.25, -0.2) is 4.98 Å². The second-order valence-corrected chi connectivity index (χ2v) is 8.82. The first-order valence-electron chi connectivity index (χ1n) is 11.3. The lowest BCUT2D eigenvalue weighted by Crippen LogP contribution is -2.47. The predicted molar refractivity (Wildman–Crippen MR) is 127 cm³/mol. The van der Waals surface area contributed by atoms with Gasteiger partial charge in [-0.05, 0) is 49.9 Å². The Bertz CT molecular complexity index is 1070. The SMILES string of the molecule is Cc1ccc(C(=O)NC(C(=O)Nc2ccc(-c3cn4c(n3)CCCC4)cc2)C(C)C)cc1. The molecule has 6 nitrogen and oxygen atoms in total. The van der Waals surface area contributed by atoms with Gasteiger partial charge in [0.25, 0.3) is 5.91 Å². The molecule has 3 aromatic rings. The second-order valence-electron chi connectivity index (χ2n) is 8.82. The lowest BCUT2D eigenvalue weighted by atomic mass is 10.0. The van der Waals surface area contributed by atoms with Gasteiger partial charge < -0.3 is 15.2 Å². The number of amides is 2. The summed E-state index contributed by atoms with van der Waals surface area (Å²) in [6.45, 7) is 6.84. The lowest BCUT2D eigenvalue weighted by Gasteiger charge is -2.22. The molecule has 2 aromatic carbocycles. The van der Waals surface area contributed by atoms with Crippen LogP contribution < -0.4 is 10.6 Å². The molecule has 2 amide bonds. The van der Waals surface area contributed by atoms with E-state index in [1.807, 2.05) is 57.2 Å². The minimum atomic E-state index is -0.636. The third-order valence-corrected chi connectivity index (χ3v) is 5.91. The number of carbonyl (C=O) groups excluding carboxylic acids is 2. The molecule has 1 atom stereocenters. The summed E-state index contributed by atoms with van der Waals surface area (Å²) in [6.07, 6.45) is 5.53. The Morgan fingerprint density at radius 2 is 1.72 bits per heavy atom. The minimum absolute atomic E-state index is 0.0551. The number of hydrogen-bond donors (Lipinski definition) is 2. The van der Waals surface area contributed by atoms with Crippen molar-refractivity contribution in [3.05, 3.63) is 71.7 Å². The van der Waals surface area contributed by atoms with E-state index >= 15 is 0 Å². The van der Waals surface area contributed by atoms with Crippen LogP contribution >= 0.6 is 0 Å². The van der Waals surface area contributed by atoms with Crippen molar-refractivity contribution in [2.45, 2.75) is 52.6 Å². The van der Waals surface area contributed by atoms with Crippen molar-refractivity contribution in [3.8, 4) is 11.3 Å². The highest BCUT2D eigenvalue weighted by Crippen LogP contribution is 2.24. The molecule has 4 rings (SSSR count). The van der Waals surface area contributed by atoms with Crippen LogP contribution in [0.15, 0.2) is 54.7 Å². The van der Waals surface area contributed by atoms with Gasteiger partial charge in [0.05, 0.1) is 5.69 Å².